The number of aromatic nitrogens is 3. The van der Waals surface area contributed by atoms with E-state index in [-0.39, 0.29) is 17.7 Å². The highest BCUT2D eigenvalue weighted by Gasteiger charge is 2.24. The molecule has 7 nitrogen and oxygen atoms in total. The average Bonchev–Trinajstić information content (AvgIpc) is 3.24. The van der Waals surface area contributed by atoms with Crippen molar-refractivity contribution in [2.75, 3.05) is 25.8 Å². The van der Waals surface area contributed by atoms with Crippen LogP contribution in [-0.2, 0) is 4.79 Å². The number of amides is 1. The molecule has 4 aromatic rings. The number of carbonyl (C=O) groups excluding carboxylic acids is 1. The molecule has 0 fully saturated rings. The van der Waals surface area contributed by atoms with Gasteiger partial charge in [0.2, 0.25) is 11.1 Å². The van der Waals surface area contributed by atoms with E-state index in [0.717, 1.165) is 22.4 Å². The van der Waals surface area contributed by atoms with Gasteiger partial charge in [0, 0.05) is 12.6 Å². The minimum Gasteiger partial charge on any atom is -0.497 e. The molecule has 0 aliphatic heterocycles. The Kier molecular flexibility index (Phi) is 6.95. The highest BCUT2D eigenvalue weighted by Crippen LogP contribution is 2.29. The van der Waals surface area contributed by atoms with Gasteiger partial charge in [-0.25, -0.2) is 4.68 Å². The van der Waals surface area contributed by atoms with Crippen LogP contribution in [0.2, 0.25) is 0 Å². The maximum Gasteiger partial charge on any atom is 0.233 e. The lowest BCUT2D eigenvalue weighted by Crippen LogP contribution is -2.33. The maximum absolute atomic E-state index is 13.2. The van der Waals surface area contributed by atoms with Gasteiger partial charge in [0.15, 0.2) is 5.82 Å². The van der Waals surface area contributed by atoms with E-state index in [1.165, 1.54) is 16.4 Å². The van der Waals surface area contributed by atoms with E-state index in [2.05, 4.69) is 10.2 Å². The van der Waals surface area contributed by atoms with Crippen molar-refractivity contribution in [3.05, 3.63) is 96.1 Å². The summed E-state index contributed by atoms with van der Waals surface area (Å²) in [5, 5.41) is 8.84. The molecule has 4 rings (SSSR count). The first-order valence-electron chi connectivity index (χ1n) is 10.4. The van der Waals surface area contributed by atoms with Crippen molar-refractivity contribution in [3.63, 3.8) is 0 Å². The number of carbonyl (C=O) groups is 1. The summed E-state index contributed by atoms with van der Waals surface area (Å²) in [4.78, 5) is 14.9. The van der Waals surface area contributed by atoms with Crippen LogP contribution in [0.4, 0.5) is 0 Å². The van der Waals surface area contributed by atoms with Crippen LogP contribution in [0.5, 0.6) is 5.75 Å². The van der Waals surface area contributed by atoms with E-state index in [9.17, 15) is 4.79 Å². The fourth-order valence-electron chi connectivity index (χ4n) is 3.59. The number of nitrogen functional groups attached to an aromatic ring is 1. The second-order valence-corrected chi connectivity index (χ2v) is 8.36. The third-order valence-corrected chi connectivity index (χ3v) is 6.28. The summed E-state index contributed by atoms with van der Waals surface area (Å²) in [5.74, 6) is 7.64. The molecule has 0 aliphatic rings. The topological polar surface area (TPSA) is 86.3 Å². The molecule has 2 N–H and O–H groups in total. The zero-order valence-electron chi connectivity index (χ0n) is 18.5. The third kappa shape index (κ3) is 5.01. The molecule has 0 saturated carbocycles. The molecule has 0 unspecified atom stereocenters. The lowest BCUT2D eigenvalue weighted by Gasteiger charge is -2.29. The smallest absolute Gasteiger partial charge is 0.233 e. The van der Waals surface area contributed by atoms with Crippen LogP contribution in [0.15, 0.2) is 90.1 Å². The third-order valence-electron chi connectivity index (χ3n) is 5.35. The maximum atomic E-state index is 13.2. The number of methoxy groups -OCH3 is 1. The molecule has 0 radical (unpaired) electrons. The van der Waals surface area contributed by atoms with E-state index in [4.69, 9.17) is 10.6 Å². The van der Waals surface area contributed by atoms with Gasteiger partial charge in [-0.15, -0.1) is 10.2 Å². The Morgan fingerprint density at radius 2 is 1.55 bits per heavy atom. The summed E-state index contributed by atoms with van der Waals surface area (Å²) in [6.07, 6.45) is 0. The molecule has 0 aliphatic carbocycles. The van der Waals surface area contributed by atoms with Crippen LogP contribution in [0.1, 0.15) is 17.2 Å². The Balaban J connectivity index is 1.49. The Hall–Kier alpha value is -3.78. The van der Waals surface area contributed by atoms with Crippen molar-refractivity contribution in [1.82, 2.24) is 19.8 Å². The van der Waals surface area contributed by atoms with E-state index in [1.807, 2.05) is 92.0 Å². The van der Waals surface area contributed by atoms with Gasteiger partial charge >= 0.3 is 0 Å². The molecule has 168 valence electrons. The molecule has 0 saturated heterocycles. The SMILES string of the molecule is COc1ccc(-c2nnc(SCC(=O)N(C)C(c3ccccc3)c3ccccc3)n2N)cc1. The fourth-order valence-corrected chi connectivity index (χ4v) is 4.38. The number of nitrogens with zero attached hydrogens (tertiary/aromatic N) is 4. The van der Waals surface area contributed by atoms with E-state index in [1.54, 1.807) is 12.0 Å². The summed E-state index contributed by atoms with van der Waals surface area (Å²) in [6.45, 7) is 0. The largest absolute Gasteiger partial charge is 0.497 e. The quantitative estimate of drug-likeness (QED) is 0.317. The number of benzene rings is 3. The summed E-state index contributed by atoms with van der Waals surface area (Å²) >= 11 is 1.26. The number of hydrogen-bond acceptors (Lipinski definition) is 6. The first-order valence-corrected chi connectivity index (χ1v) is 11.4. The highest BCUT2D eigenvalue weighted by atomic mass is 32.2. The van der Waals surface area contributed by atoms with Gasteiger partial charge in [0.1, 0.15) is 5.75 Å². The van der Waals surface area contributed by atoms with Crippen molar-refractivity contribution in [2.24, 2.45) is 0 Å². The molecule has 1 aromatic heterocycles. The molecule has 0 bridgehead atoms. The number of nitrogens with two attached hydrogens (primary N) is 1. The highest BCUT2D eigenvalue weighted by molar-refractivity contribution is 7.99. The summed E-state index contributed by atoms with van der Waals surface area (Å²) < 4.78 is 6.60. The summed E-state index contributed by atoms with van der Waals surface area (Å²) in [7, 11) is 3.44. The standard InChI is InChI=1S/C25H25N5O2S/c1-29(23(18-9-5-3-6-10-18)19-11-7-4-8-12-19)22(31)17-33-25-28-27-24(30(25)26)20-13-15-21(32-2)16-14-20/h3-16,23H,17,26H2,1-2H3. The average molecular weight is 460 g/mol. The van der Waals surface area contributed by atoms with E-state index >= 15 is 0 Å². The monoisotopic (exact) mass is 459 g/mol. The van der Waals surface area contributed by atoms with Crippen LogP contribution in [-0.4, -0.2) is 45.6 Å². The molecular weight excluding hydrogens is 434 g/mol. The second kappa shape index (κ2) is 10.2. The van der Waals surface area contributed by atoms with Crippen molar-refractivity contribution < 1.29 is 9.53 Å². The van der Waals surface area contributed by atoms with Gasteiger partial charge in [0.25, 0.3) is 0 Å². The van der Waals surface area contributed by atoms with E-state index in [0.29, 0.717) is 11.0 Å². The number of rotatable bonds is 8. The lowest BCUT2D eigenvalue weighted by molar-refractivity contribution is -0.128. The molecule has 33 heavy (non-hydrogen) atoms. The van der Waals surface area contributed by atoms with Crippen LogP contribution >= 0.6 is 11.8 Å². The zero-order valence-corrected chi connectivity index (χ0v) is 19.3. The Labute approximate surface area is 197 Å². The van der Waals surface area contributed by atoms with Crippen molar-refractivity contribution in [1.29, 1.82) is 0 Å². The molecule has 0 spiro atoms. The predicted molar refractivity (Wildman–Crippen MR) is 130 cm³/mol. The number of ether oxygens (including phenoxy) is 1. The Bertz CT molecular complexity index is 1160. The second-order valence-electron chi connectivity index (χ2n) is 7.42. The number of thioether (sulfide) groups is 1. The normalized spacial score (nSPS) is 10.9. The van der Waals surface area contributed by atoms with Crippen LogP contribution in [0, 0.1) is 0 Å². The minimum absolute atomic E-state index is 0.0355. The van der Waals surface area contributed by atoms with E-state index < -0.39 is 0 Å². The van der Waals surface area contributed by atoms with Gasteiger partial charge in [-0.05, 0) is 35.4 Å². The molecule has 3 aromatic carbocycles. The lowest BCUT2D eigenvalue weighted by atomic mass is 9.97. The van der Waals surface area contributed by atoms with Gasteiger partial charge < -0.3 is 15.5 Å². The molecular formula is C25H25N5O2S. The fraction of sp³-hybridized carbons (Fsp3) is 0.160. The van der Waals surface area contributed by atoms with Crippen LogP contribution in [0.25, 0.3) is 11.4 Å². The van der Waals surface area contributed by atoms with Crippen LogP contribution in [0.3, 0.4) is 0 Å². The summed E-state index contributed by atoms with van der Waals surface area (Å²) in [5.41, 5.74) is 2.91. The van der Waals surface area contributed by atoms with Gasteiger partial charge in [-0.1, -0.05) is 72.4 Å². The summed E-state index contributed by atoms with van der Waals surface area (Å²) in [6, 6.07) is 27.2. The molecule has 8 heteroatoms. The number of hydrogen-bond donors (Lipinski definition) is 1. The molecule has 1 heterocycles. The van der Waals surface area contributed by atoms with Crippen LogP contribution < -0.4 is 10.6 Å². The van der Waals surface area contributed by atoms with Gasteiger partial charge in [-0.3, -0.25) is 4.79 Å². The van der Waals surface area contributed by atoms with Gasteiger partial charge in [-0.2, -0.15) is 0 Å². The van der Waals surface area contributed by atoms with Crippen molar-refractivity contribution >= 4 is 17.7 Å². The minimum atomic E-state index is -0.189. The van der Waals surface area contributed by atoms with Crippen molar-refractivity contribution in [2.45, 2.75) is 11.2 Å². The Morgan fingerprint density at radius 3 is 2.09 bits per heavy atom. The predicted octanol–water partition coefficient (Wildman–Crippen LogP) is 4.01. The van der Waals surface area contributed by atoms with Crippen molar-refractivity contribution in [3.8, 4) is 17.1 Å². The molecule has 0 atom stereocenters. The first kappa shape index (κ1) is 22.4. The Morgan fingerprint density at radius 1 is 0.970 bits per heavy atom. The molecule has 1 amide bonds. The first-order chi connectivity index (χ1) is 16.1. The zero-order chi connectivity index (χ0) is 23.2. The van der Waals surface area contributed by atoms with Gasteiger partial charge in [0.05, 0.1) is 18.9 Å².